The van der Waals surface area contributed by atoms with Crippen molar-refractivity contribution in [3.63, 3.8) is 0 Å². The van der Waals surface area contributed by atoms with Gasteiger partial charge in [-0.15, -0.1) is 11.3 Å². The number of halogens is 3. The van der Waals surface area contributed by atoms with Gasteiger partial charge < -0.3 is 5.73 Å². The van der Waals surface area contributed by atoms with Crippen LogP contribution in [0.4, 0.5) is 13.2 Å². The van der Waals surface area contributed by atoms with Crippen molar-refractivity contribution in [3.05, 3.63) is 16.1 Å². The van der Waals surface area contributed by atoms with Gasteiger partial charge in [-0.2, -0.15) is 13.2 Å². The number of nitrogens with two attached hydrogens (primary N) is 1. The van der Waals surface area contributed by atoms with E-state index in [0.717, 1.165) is 0 Å². The van der Waals surface area contributed by atoms with E-state index in [1.807, 2.05) is 4.90 Å². The van der Waals surface area contributed by atoms with Crippen molar-refractivity contribution in [2.24, 2.45) is 5.73 Å². The Balaban J connectivity index is 2.05. The largest absolute Gasteiger partial charge is 0.427 e. The Morgan fingerprint density at radius 1 is 1.53 bits per heavy atom. The highest BCUT2D eigenvalue weighted by Gasteiger charge is 2.37. The van der Waals surface area contributed by atoms with Gasteiger partial charge in [-0.25, -0.2) is 4.98 Å². The lowest BCUT2D eigenvalue weighted by Crippen LogP contribution is -2.55. The van der Waals surface area contributed by atoms with Crippen molar-refractivity contribution < 1.29 is 13.2 Å². The fraction of sp³-hybridized carbons (Fsp3) is 0.625. The summed E-state index contributed by atoms with van der Waals surface area (Å²) in [6.45, 7) is 1.54. The maximum atomic E-state index is 12.5. The van der Waals surface area contributed by atoms with E-state index >= 15 is 0 Å². The Labute approximate surface area is 88.7 Å². The van der Waals surface area contributed by atoms with Crippen LogP contribution in [-0.2, 0) is 12.7 Å². The average Bonchev–Trinajstić information content (AvgIpc) is 2.48. The molecular weight excluding hydrogens is 227 g/mol. The van der Waals surface area contributed by atoms with Crippen LogP contribution < -0.4 is 5.73 Å². The third-order valence-corrected chi connectivity index (χ3v) is 3.17. The lowest BCUT2D eigenvalue weighted by atomic mass is 10.1. The molecule has 1 saturated heterocycles. The van der Waals surface area contributed by atoms with E-state index in [9.17, 15) is 13.2 Å². The first-order valence-electron chi connectivity index (χ1n) is 4.44. The van der Waals surface area contributed by atoms with Crippen LogP contribution in [0.5, 0.6) is 0 Å². The minimum absolute atomic E-state index is 0.0953. The van der Waals surface area contributed by atoms with Crippen LogP contribution in [0.15, 0.2) is 5.51 Å². The normalized spacial score (nSPS) is 19.2. The van der Waals surface area contributed by atoms with Crippen molar-refractivity contribution >= 4 is 11.3 Å². The van der Waals surface area contributed by atoms with Gasteiger partial charge in [0, 0.05) is 25.7 Å². The fourth-order valence-corrected chi connectivity index (χ4v) is 2.24. The second-order valence-electron chi connectivity index (χ2n) is 3.58. The first-order chi connectivity index (χ1) is 6.97. The van der Waals surface area contributed by atoms with Gasteiger partial charge in [-0.1, -0.05) is 0 Å². The minimum Gasteiger partial charge on any atom is -0.325 e. The summed E-state index contributed by atoms with van der Waals surface area (Å²) in [7, 11) is 0. The summed E-state index contributed by atoms with van der Waals surface area (Å²) in [6, 6.07) is 0.0953. The number of aromatic nitrogens is 1. The van der Waals surface area contributed by atoms with Gasteiger partial charge in [0.1, 0.15) is 4.88 Å². The lowest BCUT2D eigenvalue weighted by molar-refractivity contribution is -0.135. The van der Waals surface area contributed by atoms with E-state index in [1.54, 1.807) is 0 Å². The second kappa shape index (κ2) is 3.73. The molecule has 2 heterocycles. The number of hydrogen-bond donors (Lipinski definition) is 1. The van der Waals surface area contributed by atoms with Crippen LogP contribution in [0, 0.1) is 0 Å². The second-order valence-corrected chi connectivity index (χ2v) is 4.43. The van der Waals surface area contributed by atoms with Gasteiger partial charge in [-0.05, 0) is 0 Å². The first kappa shape index (κ1) is 10.8. The highest BCUT2D eigenvalue weighted by atomic mass is 32.1. The molecule has 0 amide bonds. The molecule has 3 nitrogen and oxygen atoms in total. The van der Waals surface area contributed by atoms with Crippen LogP contribution in [0.25, 0.3) is 0 Å². The zero-order chi connectivity index (χ0) is 11.1. The Hall–Kier alpha value is -0.660. The van der Waals surface area contributed by atoms with Crippen LogP contribution in [0.1, 0.15) is 10.6 Å². The zero-order valence-electron chi connectivity index (χ0n) is 7.79. The van der Waals surface area contributed by atoms with Crippen molar-refractivity contribution in [3.8, 4) is 0 Å². The molecule has 7 heteroatoms. The summed E-state index contributed by atoms with van der Waals surface area (Å²) in [5, 5.41) is 0. The first-order valence-corrected chi connectivity index (χ1v) is 5.32. The van der Waals surface area contributed by atoms with Gasteiger partial charge in [0.2, 0.25) is 0 Å². The molecule has 0 bridgehead atoms. The molecule has 0 spiro atoms. The summed E-state index contributed by atoms with van der Waals surface area (Å²) < 4.78 is 37.4. The highest BCUT2D eigenvalue weighted by Crippen LogP contribution is 2.35. The predicted octanol–water partition coefficient (Wildman–Crippen LogP) is 1.30. The molecule has 1 aliphatic rings. The summed E-state index contributed by atoms with van der Waals surface area (Å²) in [5.41, 5.74) is 6.88. The number of rotatable bonds is 2. The minimum atomic E-state index is -4.29. The molecule has 0 aromatic carbocycles. The topological polar surface area (TPSA) is 42.1 Å². The molecule has 1 aliphatic heterocycles. The van der Waals surface area contributed by atoms with E-state index in [-0.39, 0.29) is 18.3 Å². The van der Waals surface area contributed by atoms with Crippen molar-refractivity contribution in [1.29, 1.82) is 0 Å². The van der Waals surface area contributed by atoms with Gasteiger partial charge in [-0.3, -0.25) is 4.90 Å². The fourth-order valence-electron chi connectivity index (χ4n) is 1.56. The zero-order valence-corrected chi connectivity index (χ0v) is 8.61. The number of likely N-dealkylation sites (tertiary alicyclic amines) is 1. The molecule has 84 valence electrons. The summed E-state index contributed by atoms with van der Waals surface area (Å²) in [4.78, 5) is 5.01. The van der Waals surface area contributed by atoms with Crippen LogP contribution >= 0.6 is 11.3 Å². The number of nitrogens with zero attached hydrogens (tertiary/aromatic N) is 2. The molecule has 2 rings (SSSR count). The number of hydrogen-bond acceptors (Lipinski definition) is 4. The summed E-state index contributed by atoms with van der Waals surface area (Å²) in [6.07, 6.45) is -4.29. The number of thiazole rings is 1. The maximum absolute atomic E-state index is 12.5. The number of alkyl halides is 3. The van der Waals surface area contributed by atoms with E-state index in [2.05, 4.69) is 4.98 Å². The van der Waals surface area contributed by atoms with E-state index in [4.69, 9.17) is 5.73 Å². The quantitative estimate of drug-likeness (QED) is 0.843. The molecule has 1 fully saturated rings. The summed E-state index contributed by atoms with van der Waals surface area (Å²) >= 11 is 0.640. The van der Waals surface area contributed by atoms with Crippen molar-refractivity contribution in [1.82, 2.24) is 9.88 Å². The molecule has 0 radical (unpaired) electrons. The van der Waals surface area contributed by atoms with E-state index in [0.29, 0.717) is 24.4 Å². The smallest absolute Gasteiger partial charge is 0.325 e. The third-order valence-electron chi connectivity index (χ3n) is 2.26. The SMILES string of the molecule is NC1CN(Cc2ncsc2C(F)(F)F)C1. The van der Waals surface area contributed by atoms with Gasteiger partial charge >= 0.3 is 6.18 Å². The predicted molar refractivity (Wildman–Crippen MR) is 50.4 cm³/mol. The molecule has 0 saturated carbocycles. The third kappa shape index (κ3) is 2.30. The van der Waals surface area contributed by atoms with Gasteiger partial charge in [0.15, 0.2) is 0 Å². The molecule has 2 N–H and O–H groups in total. The molecule has 15 heavy (non-hydrogen) atoms. The molecule has 1 aromatic rings. The monoisotopic (exact) mass is 237 g/mol. The molecular formula is C8H10F3N3S. The van der Waals surface area contributed by atoms with Crippen LogP contribution in [0.3, 0.4) is 0 Å². The lowest BCUT2D eigenvalue weighted by Gasteiger charge is -2.36. The van der Waals surface area contributed by atoms with Crippen LogP contribution in [0.2, 0.25) is 0 Å². The standard InChI is InChI=1S/C8H10F3N3S/c9-8(10,11)7-6(13-4-15-7)3-14-1-5(12)2-14/h4-5H,1-3,12H2. The molecule has 0 atom stereocenters. The Kier molecular flexibility index (Phi) is 2.70. The average molecular weight is 237 g/mol. The van der Waals surface area contributed by atoms with Crippen LogP contribution in [-0.4, -0.2) is 29.0 Å². The Morgan fingerprint density at radius 3 is 2.73 bits per heavy atom. The molecule has 0 unspecified atom stereocenters. The van der Waals surface area contributed by atoms with Crippen molar-refractivity contribution in [2.75, 3.05) is 13.1 Å². The summed E-state index contributed by atoms with van der Waals surface area (Å²) in [5.74, 6) is 0. The molecule has 0 aliphatic carbocycles. The van der Waals surface area contributed by atoms with Gasteiger partial charge in [0.25, 0.3) is 0 Å². The van der Waals surface area contributed by atoms with Crippen molar-refractivity contribution in [2.45, 2.75) is 18.8 Å². The molecule has 1 aromatic heterocycles. The Bertz CT molecular complexity index is 343. The van der Waals surface area contributed by atoms with E-state index < -0.39 is 11.1 Å². The maximum Gasteiger partial charge on any atom is 0.427 e. The Morgan fingerprint density at radius 2 is 2.20 bits per heavy atom. The highest BCUT2D eigenvalue weighted by molar-refractivity contribution is 7.09. The van der Waals surface area contributed by atoms with E-state index in [1.165, 1.54) is 5.51 Å². The van der Waals surface area contributed by atoms with Gasteiger partial charge in [0.05, 0.1) is 11.2 Å².